The molecule has 0 aliphatic heterocycles. The van der Waals surface area contributed by atoms with Gasteiger partial charge in [-0.2, -0.15) is 0 Å². The van der Waals surface area contributed by atoms with Crippen LogP contribution >= 0.6 is 23.2 Å². The largest absolute Gasteiger partial charge is 0.352 e. The molecule has 0 saturated heterocycles. The maximum absolute atomic E-state index is 12.0. The van der Waals surface area contributed by atoms with Gasteiger partial charge >= 0.3 is 0 Å². The Morgan fingerprint density at radius 1 is 1.25 bits per heavy atom. The fraction of sp³-hybridized carbons (Fsp3) is 0.286. The van der Waals surface area contributed by atoms with Crippen LogP contribution in [-0.2, 0) is 9.59 Å². The van der Waals surface area contributed by atoms with Crippen LogP contribution in [0.4, 0.5) is 5.69 Å². The number of halogens is 2. The van der Waals surface area contributed by atoms with Crippen molar-refractivity contribution in [3.05, 3.63) is 40.9 Å². The molecule has 1 aliphatic carbocycles. The van der Waals surface area contributed by atoms with Gasteiger partial charge < -0.3 is 10.6 Å². The summed E-state index contributed by atoms with van der Waals surface area (Å²) in [6.45, 7) is 3.93. The molecule has 0 aromatic heterocycles. The van der Waals surface area contributed by atoms with Crippen LogP contribution in [0.15, 0.2) is 30.9 Å². The second-order valence-electron chi connectivity index (χ2n) is 4.60. The number of rotatable bonds is 5. The highest BCUT2D eigenvalue weighted by Crippen LogP contribution is 2.39. The predicted octanol–water partition coefficient (Wildman–Crippen LogP) is 2.87. The summed E-state index contributed by atoms with van der Waals surface area (Å²) < 4.78 is 0. The number of amides is 2. The minimum absolute atomic E-state index is 0.112. The third kappa shape index (κ3) is 3.52. The van der Waals surface area contributed by atoms with E-state index in [0.29, 0.717) is 28.7 Å². The molecule has 1 aliphatic rings. The molecule has 106 valence electrons. The minimum Gasteiger partial charge on any atom is -0.352 e. The monoisotopic (exact) mass is 312 g/mol. The van der Waals surface area contributed by atoms with Crippen molar-refractivity contribution in [3.63, 3.8) is 0 Å². The number of hydrogen-bond donors (Lipinski definition) is 2. The lowest BCUT2D eigenvalue weighted by molar-refractivity contribution is -0.125. The second kappa shape index (κ2) is 6.29. The van der Waals surface area contributed by atoms with Gasteiger partial charge in [-0.3, -0.25) is 9.59 Å². The third-order valence-corrected chi connectivity index (χ3v) is 3.81. The Labute approximate surface area is 127 Å². The van der Waals surface area contributed by atoms with Crippen molar-refractivity contribution in [1.82, 2.24) is 5.32 Å². The number of anilines is 1. The molecule has 4 nitrogen and oxygen atoms in total. The molecule has 1 saturated carbocycles. The lowest BCUT2D eigenvalue weighted by Crippen LogP contribution is -2.27. The van der Waals surface area contributed by atoms with Crippen LogP contribution in [0, 0.1) is 11.8 Å². The molecule has 2 N–H and O–H groups in total. The minimum atomic E-state index is -0.283. The molecule has 6 heteroatoms. The van der Waals surface area contributed by atoms with E-state index < -0.39 is 0 Å². The van der Waals surface area contributed by atoms with Crippen LogP contribution in [0.3, 0.4) is 0 Å². The number of carbonyl (C=O) groups is 2. The summed E-state index contributed by atoms with van der Waals surface area (Å²) in [5, 5.41) is 6.22. The summed E-state index contributed by atoms with van der Waals surface area (Å²) in [6.07, 6.45) is 2.17. The summed E-state index contributed by atoms with van der Waals surface area (Å²) >= 11 is 11.7. The van der Waals surface area contributed by atoms with E-state index in [1.807, 2.05) is 0 Å². The van der Waals surface area contributed by atoms with E-state index in [4.69, 9.17) is 23.2 Å². The van der Waals surface area contributed by atoms with Gasteiger partial charge in [-0.1, -0.05) is 29.3 Å². The maximum Gasteiger partial charge on any atom is 0.228 e. The number of nitrogens with one attached hydrogen (secondary N) is 2. The van der Waals surface area contributed by atoms with E-state index in [1.165, 1.54) is 0 Å². The van der Waals surface area contributed by atoms with Crippen LogP contribution in [0.5, 0.6) is 0 Å². The Hall–Kier alpha value is -1.52. The standard InChI is InChI=1S/C14H14Cl2N2O2/c1-2-5-17-13(19)9-7-10(9)14(20)18-8-3-4-11(15)12(16)6-8/h2-4,6,9-10H,1,5,7H2,(H,17,19)(H,18,20). The Balaban J connectivity index is 1.89. The number of carbonyl (C=O) groups excluding carboxylic acids is 2. The molecule has 1 aromatic rings. The molecule has 2 amide bonds. The molecule has 2 atom stereocenters. The van der Waals surface area contributed by atoms with E-state index in [0.717, 1.165) is 0 Å². The van der Waals surface area contributed by atoms with Gasteiger partial charge in [0.05, 0.1) is 21.9 Å². The lowest BCUT2D eigenvalue weighted by Gasteiger charge is -2.06. The second-order valence-corrected chi connectivity index (χ2v) is 5.42. The van der Waals surface area contributed by atoms with Crippen molar-refractivity contribution in [2.45, 2.75) is 6.42 Å². The fourth-order valence-corrected chi connectivity index (χ4v) is 2.19. The van der Waals surface area contributed by atoms with Gasteiger partial charge in [0.15, 0.2) is 0 Å². The van der Waals surface area contributed by atoms with Crippen LogP contribution in [0.2, 0.25) is 10.0 Å². The zero-order valence-corrected chi connectivity index (χ0v) is 12.2. The average molecular weight is 313 g/mol. The molecular formula is C14H14Cl2N2O2. The highest BCUT2D eigenvalue weighted by Gasteiger charge is 2.47. The van der Waals surface area contributed by atoms with Gasteiger partial charge in [-0.15, -0.1) is 6.58 Å². The fourth-order valence-electron chi connectivity index (χ4n) is 1.89. The van der Waals surface area contributed by atoms with Crippen molar-refractivity contribution in [2.24, 2.45) is 11.8 Å². The summed E-state index contributed by atoms with van der Waals surface area (Å²) in [5.74, 6) is -0.826. The van der Waals surface area contributed by atoms with Crippen molar-refractivity contribution >= 4 is 40.7 Å². The van der Waals surface area contributed by atoms with Gasteiger partial charge in [0, 0.05) is 12.2 Å². The van der Waals surface area contributed by atoms with Crippen molar-refractivity contribution in [2.75, 3.05) is 11.9 Å². The van der Waals surface area contributed by atoms with Crippen LogP contribution < -0.4 is 10.6 Å². The van der Waals surface area contributed by atoms with E-state index in [1.54, 1.807) is 24.3 Å². The topological polar surface area (TPSA) is 58.2 Å². The van der Waals surface area contributed by atoms with Gasteiger partial charge in [0.2, 0.25) is 11.8 Å². The molecule has 1 aromatic carbocycles. The Morgan fingerprint density at radius 3 is 2.60 bits per heavy atom. The number of benzene rings is 1. The summed E-state index contributed by atoms with van der Waals surface area (Å²) in [6, 6.07) is 4.86. The SMILES string of the molecule is C=CCNC(=O)C1CC1C(=O)Nc1ccc(Cl)c(Cl)c1. The van der Waals surface area contributed by atoms with Gasteiger partial charge in [0.1, 0.15) is 0 Å². The lowest BCUT2D eigenvalue weighted by atomic mass is 10.2. The summed E-state index contributed by atoms with van der Waals surface area (Å²) in [7, 11) is 0. The maximum atomic E-state index is 12.0. The first-order valence-electron chi connectivity index (χ1n) is 6.17. The molecule has 0 spiro atoms. The summed E-state index contributed by atoms with van der Waals surface area (Å²) in [5.41, 5.74) is 0.571. The normalized spacial score (nSPS) is 20.1. The average Bonchev–Trinajstić information content (AvgIpc) is 3.20. The van der Waals surface area contributed by atoms with E-state index >= 15 is 0 Å². The van der Waals surface area contributed by atoms with E-state index in [-0.39, 0.29) is 23.7 Å². The van der Waals surface area contributed by atoms with E-state index in [2.05, 4.69) is 17.2 Å². The molecule has 20 heavy (non-hydrogen) atoms. The number of hydrogen-bond acceptors (Lipinski definition) is 2. The molecular weight excluding hydrogens is 299 g/mol. The zero-order valence-electron chi connectivity index (χ0n) is 10.7. The van der Waals surface area contributed by atoms with E-state index in [9.17, 15) is 9.59 Å². The smallest absolute Gasteiger partial charge is 0.228 e. The van der Waals surface area contributed by atoms with Crippen LogP contribution in [0.25, 0.3) is 0 Å². The first-order valence-corrected chi connectivity index (χ1v) is 6.93. The third-order valence-electron chi connectivity index (χ3n) is 3.07. The first kappa shape index (κ1) is 14.9. The molecule has 2 unspecified atom stereocenters. The molecule has 2 rings (SSSR count). The van der Waals surface area contributed by atoms with Crippen molar-refractivity contribution in [3.8, 4) is 0 Å². The molecule has 0 bridgehead atoms. The quantitative estimate of drug-likeness (QED) is 0.821. The molecule has 0 heterocycles. The zero-order chi connectivity index (χ0) is 14.7. The Morgan fingerprint density at radius 2 is 1.95 bits per heavy atom. The first-order chi connectivity index (χ1) is 9.52. The van der Waals surface area contributed by atoms with Crippen molar-refractivity contribution < 1.29 is 9.59 Å². The van der Waals surface area contributed by atoms with Crippen LogP contribution in [0.1, 0.15) is 6.42 Å². The summed E-state index contributed by atoms with van der Waals surface area (Å²) in [4.78, 5) is 23.6. The highest BCUT2D eigenvalue weighted by molar-refractivity contribution is 6.42. The van der Waals surface area contributed by atoms with Gasteiger partial charge in [0.25, 0.3) is 0 Å². The molecule has 0 radical (unpaired) electrons. The van der Waals surface area contributed by atoms with Crippen LogP contribution in [-0.4, -0.2) is 18.4 Å². The highest BCUT2D eigenvalue weighted by atomic mass is 35.5. The van der Waals surface area contributed by atoms with Gasteiger partial charge in [-0.25, -0.2) is 0 Å². The van der Waals surface area contributed by atoms with Gasteiger partial charge in [-0.05, 0) is 24.6 Å². The Bertz CT molecular complexity index is 560. The predicted molar refractivity (Wildman–Crippen MR) is 79.9 cm³/mol. The van der Waals surface area contributed by atoms with Crippen molar-refractivity contribution in [1.29, 1.82) is 0 Å². The molecule has 1 fully saturated rings. The Kier molecular flexibility index (Phi) is 4.68.